The fraction of sp³-hybridized carbons (Fsp3) is 0.333. The third-order valence-electron chi connectivity index (χ3n) is 2.98. The second-order valence-electron chi connectivity index (χ2n) is 3.97. The zero-order valence-corrected chi connectivity index (χ0v) is 8.44. The number of nitrogens with zero attached hydrogens (tertiary/aromatic N) is 2. The number of aryl methyl sites for hydroxylation is 1. The second-order valence-corrected chi connectivity index (χ2v) is 3.97. The molecule has 0 saturated carbocycles. The van der Waals surface area contributed by atoms with Gasteiger partial charge in [0, 0.05) is 23.3 Å². The van der Waals surface area contributed by atoms with E-state index in [0.29, 0.717) is 0 Å². The van der Waals surface area contributed by atoms with Crippen LogP contribution in [-0.2, 0) is 13.0 Å². The summed E-state index contributed by atoms with van der Waals surface area (Å²) in [6.45, 7) is 0.884. The first-order valence-corrected chi connectivity index (χ1v) is 5.35. The van der Waals surface area contributed by atoms with Crippen LogP contribution in [0.5, 0.6) is 5.75 Å². The zero-order chi connectivity index (χ0) is 10.3. The summed E-state index contributed by atoms with van der Waals surface area (Å²) >= 11 is 0. The number of benzene rings is 1. The Morgan fingerprint density at radius 2 is 2.07 bits per heavy atom. The lowest BCUT2D eigenvalue weighted by Gasteiger charge is -2.16. The van der Waals surface area contributed by atoms with E-state index in [1.54, 1.807) is 0 Å². The van der Waals surface area contributed by atoms with Crippen LogP contribution < -0.4 is 9.79 Å². The molecular weight excluding hydrogens is 188 g/mol. The number of hydrogen-bond donors (Lipinski definition) is 0. The van der Waals surface area contributed by atoms with E-state index in [2.05, 4.69) is 5.10 Å². The quantitative estimate of drug-likeness (QED) is 0.593. The SMILES string of the molecule is [O-]c1c2[n+](nc3ccccc13)CCCC2. The lowest BCUT2D eigenvalue weighted by molar-refractivity contribution is -0.764. The van der Waals surface area contributed by atoms with Gasteiger partial charge in [-0.25, -0.2) is 0 Å². The standard InChI is InChI=1S/C12H12N2O/c15-12-9-5-1-2-6-10(9)13-14-8-4-3-7-11(12)14/h1-2,5-6H,3-4,7-8H2. The third-order valence-corrected chi connectivity index (χ3v) is 2.98. The molecule has 3 heteroatoms. The van der Waals surface area contributed by atoms with E-state index >= 15 is 0 Å². The Morgan fingerprint density at radius 3 is 3.00 bits per heavy atom. The molecule has 3 nitrogen and oxygen atoms in total. The Labute approximate surface area is 88.0 Å². The first kappa shape index (κ1) is 8.65. The molecule has 0 radical (unpaired) electrons. The van der Waals surface area contributed by atoms with Crippen molar-refractivity contribution < 1.29 is 9.79 Å². The van der Waals surface area contributed by atoms with Crippen LogP contribution in [0.1, 0.15) is 18.5 Å². The van der Waals surface area contributed by atoms with Crippen LogP contribution >= 0.6 is 0 Å². The fourth-order valence-corrected chi connectivity index (χ4v) is 2.20. The van der Waals surface area contributed by atoms with Gasteiger partial charge in [0.25, 0.3) is 0 Å². The summed E-state index contributed by atoms with van der Waals surface area (Å²) < 4.78 is 1.88. The van der Waals surface area contributed by atoms with Crippen molar-refractivity contribution in [3.63, 3.8) is 0 Å². The molecular formula is C12H12N2O. The number of fused-ring (bicyclic) bond motifs is 2. The van der Waals surface area contributed by atoms with Gasteiger partial charge in [0.2, 0.25) is 5.69 Å². The molecule has 0 amide bonds. The normalized spacial score (nSPS) is 15.2. The summed E-state index contributed by atoms with van der Waals surface area (Å²) in [6.07, 6.45) is 3.11. The van der Waals surface area contributed by atoms with Crippen molar-refractivity contribution in [2.24, 2.45) is 0 Å². The maximum Gasteiger partial charge on any atom is 0.201 e. The molecule has 2 heterocycles. The summed E-state index contributed by atoms with van der Waals surface area (Å²) in [5.41, 5.74) is 1.69. The molecule has 15 heavy (non-hydrogen) atoms. The predicted molar refractivity (Wildman–Crippen MR) is 54.3 cm³/mol. The number of aromatic nitrogens is 2. The van der Waals surface area contributed by atoms with E-state index < -0.39 is 0 Å². The molecule has 0 aliphatic carbocycles. The maximum atomic E-state index is 12.1. The zero-order valence-electron chi connectivity index (χ0n) is 8.44. The Balaban J connectivity index is 2.36. The van der Waals surface area contributed by atoms with Gasteiger partial charge in [0.15, 0.2) is 6.54 Å². The minimum Gasteiger partial charge on any atom is -0.868 e. The van der Waals surface area contributed by atoms with E-state index in [1.165, 1.54) is 0 Å². The molecule has 0 fully saturated rings. The van der Waals surface area contributed by atoms with Crippen LogP contribution in [0.3, 0.4) is 0 Å². The van der Waals surface area contributed by atoms with Gasteiger partial charge in [0.1, 0.15) is 5.52 Å². The monoisotopic (exact) mass is 200 g/mol. The molecule has 1 aromatic carbocycles. The molecule has 2 aromatic rings. The molecule has 76 valence electrons. The molecule has 0 saturated heterocycles. The van der Waals surface area contributed by atoms with Crippen molar-refractivity contribution in [2.45, 2.75) is 25.8 Å². The average molecular weight is 200 g/mol. The molecule has 1 aromatic heterocycles. The predicted octanol–water partition coefficient (Wildman–Crippen LogP) is 0.932. The Hall–Kier alpha value is -1.64. The fourth-order valence-electron chi connectivity index (χ4n) is 2.20. The number of hydrogen-bond acceptors (Lipinski definition) is 2. The van der Waals surface area contributed by atoms with Crippen LogP contribution in [0.25, 0.3) is 10.9 Å². The highest BCUT2D eigenvalue weighted by atomic mass is 16.3. The van der Waals surface area contributed by atoms with Gasteiger partial charge in [-0.3, -0.25) is 0 Å². The largest absolute Gasteiger partial charge is 0.868 e. The van der Waals surface area contributed by atoms with Crippen LogP contribution in [0.15, 0.2) is 24.3 Å². The maximum absolute atomic E-state index is 12.1. The van der Waals surface area contributed by atoms with Gasteiger partial charge < -0.3 is 5.11 Å². The van der Waals surface area contributed by atoms with Crippen molar-refractivity contribution in [2.75, 3.05) is 0 Å². The molecule has 1 aliphatic heterocycles. The van der Waals surface area contributed by atoms with E-state index in [4.69, 9.17) is 0 Å². The van der Waals surface area contributed by atoms with Crippen molar-refractivity contribution in [3.8, 4) is 5.75 Å². The van der Waals surface area contributed by atoms with Crippen LogP contribution in [-0.4, -0.2) is 5.10 Å². The third kappa shape index (κ3) is 1.27. The van der Waals surface area contributed by atoms with Gasteiger partial charge in [-0.15, -0.1) is 0 Å². The highest BCUT2D eigenvalue weighted by Gasteiger charge is 2.20. The van der Waals surface area contributed by atoms with E-state index in [1.807, 2.05) is 28.9 Å². The average Bonchev–Trinajstić information content (AvgIpc) is 2.30. The Bertz CT molecular complexity index is 522. The molecule has 0 atom stereocenters. The molecule has 0 spiro atoms. The van der Waals surface area contributed by atoms with Crippen LogP contribution in [0, 0.1) is 0 Å². The second kappa shape index (κ2) is 3.19. The number of rotatable bonds is 0. The summed E-state index contributed by atoms with van der Waals surface area (Å²) in [5, 5.41) is 17.4. The van der Waals surface area contributed by atoms with Gasteiger partial charge >= 0.3 is 0 Å². The smallest absolute Gasteiger partial charge is 0.201 e. The summed E-state index contributed by atoms with van der Waals surface area (Å²) in [6, 6.07) is 7.58. The topological polar surface area (TPSA) is 39.8 Å². The van der Waals surface area contributed by atoms with Crippen LogP contribution in [0.4, 0.5) is 0 Å². The Morgan fingerprint density at radius 1 is 1.20 bits per heavy atom. The first-order chi connectivity index (χ1) is 7.36. The lowest BCUT2D eigenvalue weighted by Crippen LogP contribution is -2.45. The summed E-state index contributed by atoms with van der Waals surface area (Å²) in [5.74, 6) is 0.167. The van der Waals surface area contributed by atoms with Gasteiger partial charge in [-0.2, -0.15) is 0 Å². The molecule has 0 bridgehead atoms. The van der Waals surface area contributed by atoms with Crippen molar-refractivity contribution >= 4 is 10.9 Å². The van der Waals surface area contributed by atoms with E-state index in [-0.39, 0.29) is 5.75 Å². The van der Waals surface area contributed by atoms with Gasteiger partial charge in [-0.05, 0) is 18.2 Å². The minimum atomic E-state index is 0.167. The van der Waals surface area contributed by atoms with Gasteiger partial charge in [-0.1, -0.05) is 22.9 Å². The molecule has 0 N–H and O–H groups in total. The Kier molecular flexibility index (Phi) is 1.84. The molecule has 3 rings (SSSR count). The van der Waals surface area contributed by atoms with Crippen molar-refractivity contribution in [3.05, 3.63) is 30.0 Å². The van der Waals surface area contributed by atoms with Crippen LogP contribution in [0.2, 0.25) is 0 Å². The summed E-state index contributed by atoms with van der Waals surface area (Å²) in [4.78, 5) is 0. The van der Waals surface area contributed by atoms with E-state index in [0.717, 1.165) is 42.4 Å². The molecule has 0 unspecified atom stereocenters. The van der Waals surface area contributed by atoms with E-state index in [9.17, 15) is 5.11 Å². The van der Waals surface area contributed by atoms with Crippen molar-refractivity contribution in [1.82, 2.24) is 5.10 Å². The first-order valence-electron chi connectivity index (χ1n) is 5.35. The lowest BCUT2D eigenvalue weighted by atomic mass is 10.1. The molecule has 1 aliphatic rings. The van der Waals surface area contributed by atoms with Gasteiger partial charge in [0.05, 0.1) is 0 Å². The van der Waals surface area contributed by atoms with Crippen molar-refractivity contribution in [1.29, 1.82) is 0 Å². The minimum absolute atomic E-state index is 0.167. The highest BCUT2D eigenvalue weighted by Crippen LogP contribution is 2.24. The summed E-state index contributed by atoms with van der Waals surface area (Å²) in [7, 11) is 0. The highest BCUT2D eigenvalue weighted by molar-refractivity contribution is 5.83.